The lowest BCUT2D eigenvalue weighted by atomic mass is 10.3. The van der Waals surface area contributed by atoms with Crippen LogP contribution < -0.4 is 5.73 Å². The average Bonchev–Trinajstić information content (AvgIpc) is 1.99. The van der Waals surface area contributed by atoms with Gasteiger partial charge in [0.25, 0.3) is 0 Å². The predicted molar refractivity (Wildman–Crippen MR) is 46.1 cm³/mol. The third-order valence-electron chi connectivity index (χ3n) is 1.16. The molecule has 10 heavy (non-hydrogen) atoms. The lowest BCUT2D eigenvalue weighted by Crippen LogP contribution is -2.02. The number of aliphatic imine (C=N–C) groups is 1. The van der Waals surface area contributed by atoms with E-state index in [9.17, 15) is 0 Å². The van der Waals surface area contributed by atoms with E-state index in [1.54, 1.807) is 6.08 Å². The largest absolute Gasteiger partial charge is 0.325 e. The average molecular weight is 138 g/mol. The van der Waals surface area contributed by atoms with Crippen LogP contribution in [0.3, 0.4) is 0 Å². The first-order chi connectivity index (χ1) is 4.74. The highest BCUT2D eigenvalue weighted by atomic mass is 14.8. The summed E-state index contributed by atoms with van der Waals surface area (Å²) in [7, 11) is 0. The number of allylic oxidation sites excluding steroid dienone is 2. The van der Waals surface area contributed by atoms with Crippen LogP contribution in [0, 0.1) is 0 Å². The van der Waals surface area contributed by atoms with E-state index >= 15 is 0 Å². The normalized spacial score (nSPS) is 13.5. The van der Waals surface area contributed by atoms with Gasteiger partial charge in [0.2, 0.25) is 0 Å². The molecule has 0 spiro atoms. The second-order valence-electron chi connectivity index (χ2n) is 1.94. The van der Waals surface area contributed by atoms with Crippen molar-refractivity contribution in [3.05, 3.63) is 24.4 Å². The summed E-state index contributed by atoms with van der Waals surface area (Å²) < 4.78 is 0. The Kier molecular flexibility index (Phi) is 4.50. The Bertz CT molecular complexity index is 166. The van der Waals surface area contributed by atoms with Gasteiger partial charge in [-0.05, 0) is 19.9 Å². The van der Waals surface area contributed by atoms with Gasteiger partial charge in [-0.2, -0.15) is 0 Å². The Hall–Kier alpha value is -0.890. The summed E-state index contributed by atoms with van der Waals surface area (Å²) >= 11 is 0. The Morgan fingerprint density at radius 1 is 1.70 bits per heavy atom. The summed E-state index contributed by atoms with van der Waals surface area (Å²) in [6, 6.07) is 0. The summed E-state index contributed by atoms with van der Waals surface area (Å²) in [5.41, 5.74) is 7.18. The van der Waals surface area contributed by atoms with Gasteiger partial charge >= 0.3 is 0 Å². The van der Waals surface area contributed by atoms with Gasteiger partial charge in [-0.15, -0.1) is 0 Å². The molecule has 0 aliphatic heterocycles. The minimum atomic E-state index is 0.488. The molecule has 0 amide bonds. The van der Waals surface area contributed by atoms with Crippen LogP contribution in [0.25, 0.3) is 0 Å². The molecule has 2 N–H and O–H groups in total. The standard InChI is InChI=1S/C8H14N2/c1-4-7(3)10-8(5-2)6-9/h4-5H,1,6,9H2,2-3H3/b8-5-,10-7?. The second kappa shape index (κ2) is 4.94. The molecule has 56 valence electrons. The number of rotatable bonds is 3. The molecule has 2 heteroatoms. The Labute approximate surface area is 62.1 Å². The molecule has 0 saturated carbocycles. The molecule has 0 aromatic heterocycles. The van der Waals surface area contributed by atoms with Crippen LogP contribution >= 0.6 is 0 Å². The highest BCUT2D eigenvalue weighted by Crippen LogP contribution is 1.94. The summed E-state index contributed by atoms with van der Waals surface area (Å²) in [6.07, 6.45) is 3.60. The van der Waals surface area contributed by atoms with Gasteiger partial charge in [0.15, 0.2) is 0 Å². The van der Waals surface area contributed by atoms with Crippen molar-refractivity contribution in [1.82, 2.24) is 0 Å². The van der Waals surface area contributed by atoms with Crippen molar-refractivity contribution in [2.75, 3.05) is 6.54 Å². The first-order valence-electron chi connectivity index (χ1n) is 3.27. The van der Waals surface area contributed by atoms with Crippen molar-refractivity contribution < 1.29 is 0 Å². The van der Waals surface area contributed by atoms with E-state index in [2.05, 4.69) is 11.6 Å². The highest BCUT2D eigenvalue weighted by molar-refractivity contribution is 5.92. The Morgan fingerprint density at radius 3 is 2.60 bits per heavy atom. The Balaban J connectivity index is 4.22. The number of hydrogen-bond donors (Lipinski definition) is 1. The van der Waals surface area contributed by atoms with E-state index in [-0.39, 0.29) is 0 Å². The minimum absolute atomic E-state index is 0.488. The highest BCUT2D eigenvalue weighted by Gasteiger charge is 1.86. The fraction of sp³-hybridized carbons (Fsp3) is 0.375. The second-order valence-corrected chi connectivity index (χ2v) is 1.94. The Morgan fingerprint density at radius 2 is 2.30 bits per heavy atom. The smallest absolute Gasteiger partial charge is 0.0500 e. The number of nitrogens with two attached hydrogens (primary N) is 1. The summed E-state index contributed by atoms with van der Waals surface area (Å²) in [5.74, 6) is 0. The molecular weight excluding hydrogens is 124 g/mol. The number of hydrogen-bond acceptors (Lipinski definition) is 2. The van der Waals surface area contributed by atoms with Crippen LogP contribution in [-0.2, 0) is 0 Å². The lowest BCUT2D eigenvalue weighted by molar-refractivity contribution is 1.10. The van der Waals surface area contributed by atoms with Gasteiger partial charge in [-0.1, -0.05) is 12.7 Å². The van der Waals surface area contributed by atoms with E-state index in [1.165, 1.54) is 0 Å². The molecule has 0 saturated heterocycles. The van der Waals surface area contributed by atoms with E-state index < -0.39 is 0 Å². The van der Waals surface area contributed by atoms with Crippen molar-refractivity contribution in [2.24, 2.45) is 10.7 Å². The maximum atomic E-state index is 5.38. The molecule has 0 bridgehead atoms. The van der Waals surface area contributed by atoms with E-state index in [0.717, 1.165) is 11.4 Å². The molecule has 2 nitrogen and oxygen atoms in total. The zero-order chi connectivity index (χ0) is 7.98. The molecule has 0 aliphatic rings. The van der Waals surface area contributed by atoms with Gasteiger partial charge in [0, 0.05) is 18.0 Å². The van der Waals surface area contributed by atoms with Crippen molar-refractivity contribution >= 4 is 5.71 Å². The zero-order valence-electron chi connectivity index (χ0n) is 6.59. The van der Waals surface area contributed by atoms with Crippen molar-refractivity contribution in [1.29, 1.82) is 0 Å². The van der Waals surface area contributed by atoms with Crippen LogP contribution in [0.15, 0.2) is 29.4 Å². The monoisotopic (exact) mass is 138 g/mol. The third kappa shape index (κ3) is 3.20. The van der Waals surface area contributed by atoms with Crippen molar-refractivity contribution in [3.8, 4) is 0 Å². The van der Waals surface area contributed by atoms with Crippen LogP contribution in [0.4, 0.5) is 0 Å². The molecule has 0 radical (unpaired) electrons. The molecule has 0 aromatic rings. The zero-order valence-corrected chi connectivity index (χ0v) is 6.59. The molecule has 0 aliphatic carbocycles. The van der Waals surface area contributed by atoms with Crippen LogP contribution in [0.2, 0.25) is 0 Å². The summed E-state index contributed by atoms with van der Waals surface area (Å²) in [5, 5.41) is 0. The molecule has 0 unspecified atom stereocenters. The maximum absolute atomic E-state index is 5.38. The number of nitrogens with zero attached hydrogens (tertiary/aromatic N) is 1. The third-order valence-corrected chi connectivity index (χ3v) is 1.16. The van der Waals surface area contributed by atoms with Gasteiger partial charge < -0.3 is 5.73 Å². The van der Waals surface area contributed by atoms with E-state index in [1.807, 2.05) is 19.9 Å². The first kappa shape index (κ1) is 9.11. The lowest BCUT2D eigenvalue weighted by Gasteiger charge is -1.95. The minimum Gasteiger partial charge on any atom is -0.325 e. The molecule has 0 rings (SSSR count). The van der Waals surface area contributed by atoms with Crippen molar-refractivity contribution in [2.45, 2.75) is 13.8 Å². The van der Waals surface area contributed by atoms with Crippen LogP contribution in [-0.4, -0.2) is 12.3 Å². The first-order valence-corrected chi connectivity index (χ1v) is 3.27. The molecule has 0 heterocycles. The fourth-order valence-corrected chi connectivity index (χ4v) is 0.500. The van der Waals surface area contributed by atoms with Crippen LogP contribution in [0.5, 0.6) is 0 Å². The quantitative estimate of drug-likeness (QED) is 0.589. The molecule has 0 fully saturated rings. The van der Waals surface area contributed by atoms with Gasteiger partial charge in [-0.3, -0.25) is 4.99 Å². The topological polar surface area (TPSA) is 38.4 Å². The fourth-order valence-electron chi connectivity index (χ4n) is 0.500. The van der Waals surface area contributed by atoms with E-state index in [0.29, 0.717) is 6.54 Å². The van der Waals surface area contributed by atoms with Gasteiger partial charge in [-0.25, -0.2) is 0 Å². The van der Waals surface area contributed by atoms with Crippen LogP contribution in [0.1, 0.15) is 13.8 Å². The summed E-state index contributed by atoms with van der Waals surface area (Å²) in [4.78, 5) is 4.17. The van der Waals surface area contributed by atoms with Crippen molar-refractivity contribution in [3.63, 3.8) is 0 Å². The molecular formula is C8H14N2. The maximum Gasteiger partial charge on any atom is 0.0500 e. The van der Waals surface area contributed by atoms with Gasteiger partial charge in [0.05, 0.1) is 0 Å². The molecule has 0 aromatic carbocycles. The van der Waals surface area contributed by atoms with Gasteiger partial charge in [0.1, 0.15) is 0 Å². The summed E-state index contributed by atoms with van der Waals surface area (Å²) in [6.45, 7) is 7.88. The molecule has 0 atom stereocenters. The van der Waals surface area contributed by atoms with E-state index in [4.69, 9.17) is 5.73 Å². The predicted octanol–water partition coefficient (Wildman–Crippen LogP) is 1.50. The SMILES string of the molecule is C=CC(C)=N/C(=C\C)CN.